The van der Waals surface area contributed by atoms with Gasteiger partial charge in [-0.2, -0.15) is 0 Å². The highest BCUT2D eigenvalue weighted by molar-refractivity contribution is 8.32. The molecule has 0 N–H and O–H groups in total. The van der Waals surface area contributed by atoms with Crippen molar-refractivity contribution in [3.63, 3.8) is 0 Å². The summed E-state index contributed by atoms with van der Waals surface area (Å²) in [7, 11) is -1.66. The maximum atomic E-state index is 2.54. The Hall–Kier alpha value is -6.46. The number of hydrogen-bond acceptors (Lipinski definition) is 2. The second kappa shape index (κ2) is 18.4. The first-order valence-electron chi connectivity index (χ1n) is 24.8. The van der Waals surface area contributed by atoms with E-state index in [0.717, 1.165) is 11.4 Å². The molecule has 10 rings (SSSR count). The fraction of sp³-hybridized carbons (Fsp3) is 0.212. The van der Waals surface area contributed by atoms with Gasteiger partial charge in [-0.15, -0.1) is 0 Å². The van der Waals surface area contributed by atoms with E-state index in [1.807, 2.05) is 0 Å². The lowest BCUT2D eigenvalue weighted by Gasteiger charge is -2.32. The summed E-state index contributed by atoms with van der Waals surface area (Å²) in [6.45, 7) is 13.9. The van der Waals surface area contributed by atoms with Gasteiger partial charge in [-0.25, -0.2) is 20.1 Å². The number of hydrogen-bond donors (Lipinski definition) is 0. The summed E-state index contributed by atoms with van der Waals surface area (Å²) in [4.78, 5) is 7.92. The lowest BCUT2D eigenvalue weighted by atomic mass is 9.84. The van der Waals surface area contributed by atoms with Gasteiger partial charge in [0.2, 0.25) is 0 Å². The van der Waals surface area contributed by atoms with Crippen LogP contribution in [-0.4, -0.2) is 37.5 Å². The first-order valence-corrected chi connectivity index (χ1v) is 30.5. The van der Waals surface area contributed by atoms with E-state index in [0.29, 0.717) is 0 Å². The van der Waals surface area contributed by atoms with Crippen LogP contribution in [0.4, 0.5) is 34.1 Å². The molecule has 0 heterocycles. The number of aryl methyl sites for hydroxylation is 2. The SMILES string of the molecule is Cc1ccc(-c2ccc(S(C)(C)C)cc2)cc1N(c1ccccc1)c1cc(C(C)C)c2ccc3c(N(c4ccccc4)c4cc(-c5ccc(S(C)(C)C)cc5)ccc4C)cc(C(C)C)c4ccc1c2c43. The Morgan fingerprint density at radius 2 is 0.657 bits per heavy atom. The average Bonchev–Trinajstić information content (AvgIpc) is 3.35. The molecule has 4 heteroatoms. The molecule has 0 atom stereocenters. The van der Waals surface area contributed by atoms with Crippen molar-refractivity contribution in [1.82, 2.24) is 0 Å². The summed E-state index contributed by atoms with van der Waals surface area (Å²) in [6, 6.07) is 69.3. The minimum atomic E-state index is -0.830. The number of nitrogens with zero attached hydrogens (tertiary/aromatic N) is 2. The zero-order valence-electron chi connectivity index (χ0n) is 43.2. The molecule has 0 saturated carbocycles. The van der Waals surface area contributed by atoms with Gasteiger partial charge in [0.15, 0.2) is 0 Å². The largest absolute Gasteiger partial charge is 0.310 e. The zero-order valence-corrected chi connectivity index (χ0v) is 44.8. The highest BCUT2D eigenvalue weighted by atomic mass is 32.3. The molecule has 0 aromatic heterocycles. The Morgan fingerprint density at radius 1 is 0.329 bits per heavy atom. The maximum Gasteiger partial charge on any atom is 0.0543 e. The molecule has 0 saturated heterocycles. The number of rotatable bonds is 12. The van der Waals surface area contributed by atoms with E-state index in [9.17, 15) is 0 Å². The fourth-order valence-electron chi connectivity index (χ4n) is 10.5. The topological polar surface area (TPSA) is 6.48 Å². The molecule has 0 unspecified atom stereocenters. The lowest BCUT2D eigenvalue weighted by molar-refractivity contribution is 0.875. The molecule has 0 aliphatic heterocycles. The Kier molecular flexibility index (Phi) is 12.4. The summed E-state index contributed by atoms with van der Waals surface area (Å²) in [5, 5.41) is 7.80. The van der Waals surface area contributed by atoms with Gasteiger partial charge >= 0.3 is 0 Å². The van der Waals surface area contributed by atoms with E-state index < -0.39 is 20.1 Å². The summed E-state index contributed by atoms with van der Waals surface area (Å²) >= 11 is 0. The van der Waals surface area contributed by atoms with Crippen molar-refractivity contribution >= 4 is 86.5 Å². The minimum absolute atomic E-state index is 0.283. The number of anilines is 6. The molecular formula is C66H68N2S2. The van der Waals surface area contributed by atoms with Crippen molar-refractivity contribution in [3.8, 4) is 22.3 Å². The molecule has 2 nitrogen and oxygen atoms in total. The third kappa shape index (κ3) is 8.64. The quantitative estimate of drug-likeness (QED) is 0.113. The summed E-state index contributed by atoms with van der Waals surface area (Å²) in [5.41, 5.74) is 17.1. The molecule has 0 fully saturated rings. The lowest BCUT2D eigenvalue weighted by Crippen LogP contribution is -2.14. The van der Waals surface area contributed by atoms with Crippen LogP contribution < -0.4 is 9.80 Å². The van der Waals surface area contributed by atoms with Gasteiger partial charge in [0.1, 0.15) is 0 Å². The molecular weight excluding hydrogens is 885 g/mol. The van der Waals surface area contributed by atoms with Gasteiger partial charge in [0.05, 0.1) is 11.4 Å². The fourth-order valence-corrected chi connectivity index (χ4v) is 12.4. The van der Waals surface area contributed by atoms with Gasteiger partial charge in [-0.3, -0.25) is 0 Å². The van der Waals surface area contributed by atoms with Crippen LogP contribution in [0.1, 0.15) is 61.8 Å². The molecule has 10 aromatic rings. The van der Waals surface area contributed by atoms with E-state index in [-0.39, 0.29) is 11.8 Å². The normalized spacial score (nSPS) is 12.7. The average molecular weight is 953 g/mol. The molecule has 0 aliphatic rings. The van der Waals surface area contributed by atoms with Crippen LogP contribution in [-0.2, 0) is 0 Å². The van der Waals surface area contributed by atoms with Gasteiger partial charge in [0, 0.05) is 33.5 Å². The van der Waals surface area contributed by atoms with Gasteiger partial charge in [-0.05, 0) is 212 Å². The van der Waals surface area contributed by atoms with Crippen LogP contribution >= 0.6 is 20.1 Å². The molecule has 0 bridgehead atoms. The Bertz CT molecular complexity index is 3270. The second-order valence-corrected chi connectivity index (χ2v) is 29.7. The third-order valence-electron chi connectivity index (χ3n) is 14.4. The van der Waals surface area contributed by atoms with Crippen molar-refractivity contribution in [2.45, 2.75) is 63.2 Å². The van der Waals surface area contributed by atoms with Crippen molar-refractivity contribution in [3.05, 3.63) is 204 Å². The van der Waals surface area contributed by atoms with E-state index in [2.05, 4.69) is 271 Å². The predicted octanol–water partition coefficient (Wildman–Crippen LogP) is 19.8. The van der Waals surface area contributed by atoms with Gasteiger partial charge < -0.3 is 9.80 Å². The van der Waals surface area contributed by atoms with Crippen LogP contribution in [0.2, 0.25) is 0 Å². The Labute approximate surface area is 421 Å². The summed E-state index contributed by atoms with van der Waals surface area (Å²) < 4.78 is 0. The first-order chi connectivity index (χ1) is 33.5. The zero-order chi connectivity index (χ0) is 49.2. The molecule has 0 amide bonds. The molecule has 0 radical (unpaired) electrons. The van der Waals surface area contributed by atoms with Crippen LogP contribution in [0, 0.1) is 13.8 Å². The van der Waals surface area contributed by atoms with Crippen molar-refractivity contribution in [1.29, 1.82) is 0 Å². The van der Waals surface area contributed by atoms with E-state index in [1.165, 1.54) is 109 Å². The second-order valence-electron chi connectivity index (χ2n) is 21.4. The highest BCUT2D eigenvalue weighted by Crippen LogP contribution is 2.53. The maximum absolute atomic E-state index is 2.54. The van der Waals surface area contributed by atoms with Gasteiger partial charge in [0.25, 0.3) is 0 Å². The Balaban J connectivity index is 1.25. The molecule has 0 aliphatic carbocycles. The molecule has 10 aromatic carbocycles. The van der Waals surface area contributed by atoms with Crippen molar-refractivity contribution in [2.24, 2.45) is 0 Å². The monoisotopic (exact) mass is 952 g/mol. The standard InChI is InChI=1S/C66H68N2S2/c1-43(2)59-41-63(67(51-19-15-13-16-20-51)61-39-49(25-23-45(61)5)47-27-31-53(32-28-47)69(7,8)9)57-38-36-56-60(44(3)4)42-64(58-37-35-55(59)65(57)66(56)58)68(52-21-17-14-18-22-52)62-40-50(26-24-46(62)6)48-29-33-54(34-30-48)70(10,11)12/h13-44H,1-12H3. The predicted molar refractivity (Wildman–Crippen MR) is 315 cm³/mol. The van der Waals surface area contributed by atoms with Crippen LogP contribution in [0.15, 0.2) is 192 Å². The van der Waals surface area contributed by atoms with Crippen LogP contribution in [0.5, 0.6) is 0 Å². The summed E-state index contributed by atoms with van der Waals surface area (Å²) in [6.07, 6.45) is 14.2. The number of para-hydroxylation sites is 2. The molecule has 70 heavy (non-hydrogen) atoms. The first kappa shape index (κ1) is 47.2. The molecule has 354 valence electrons. The number of benzene rings is 10. The Morgan fingerprint density at radius 3 is 0.986 bits per heavy atom. The molecule has 0 spiro atoms. The highest BCUT2D eigenvalue weighted by Gasteiger charge is 2.27. The third-order valence-corrected chi connectivity index (χ3v) is 17.7. The van der Waals surface area contributed by atoms with Crippen LogP contribution in [0.3, 0.4) is 0 Å². The summed E-state index contributed by atoms with van der Waals surface area (Å²) in [5.74, 6) is 0.567. The minimum Gasteiger partial charge on any atom is -0.310 e. The van der Waals surface area contributed by atoms with Crippen molar-refractivity contribution in [2.75, 3.05) is 47.3 Å². The van der Waals surface area contributed by atoms with E-state index >= 15 is 0 Å². The van der Waals surface area contributed by atoms with Crippen LogP contribution in [0.25, 0.3) is 54.6 Å². The van der Waals surface area contributed by atoms with Crippen molar-refractivity contribution < 1.29 is 0 Å². The smallest absolute Gasteiger partial charge is 0.0543 e. The van der Waals surface area contributed by atoms with Gasteiger partial charge in [-0.1, -0.05) is 137 Å². The van der Waals surface area contributed by atoms with E-state index in [1.54, 1.807) is 0 Å². The van der Waals surface area contributed by atoms with E-state index in [4.69, 9.17) is 0 Å².